The molecule has 27 heavy (non-hydrogen) atoms. The molecule has 144 valence electrons. The first-order valence-corrected chi connectivity index (χ1v) is 9.87. The quantitative estimate of drug-likeness (QED) is 0.875. The van der Waals surface area contributed by atoms with Crippen molar-refractivity contribution >= 4 is 5.91 Å². The van der Waals surface area contributed by atoms with Gasteiger partial charge in [0, 0.05) is 30.8 Å². The normalized spacial score (nSPS) is 23.7. The van der Waals surface area contributed by atoms with E-state index in [1.54, 1.807) is 11.8 Å². The van der Waals surface area contributed by atoms with Crippen molar-refractivity contribution in [3.63, 3.8) is 0 Å². The van der Waals surface area contributed by atoms with Gasteiger partial charge in [-0.2, -0.15) is 4.98 Å². The second-order valence-electron chi connectivity index (χ2n) is 8.14. The van der Waals surface area contributed by atoms with Crippen LogP contribution in [-0.2, 0) is 4.79 Å². The second kappa shape index (κ2) is 7.08. The van der Waals surface area contributed by atoms with Gasteiger partial charge in [-0.15, -0.1) is 0 Å². The summed E-state index contributed by atoms with van der Waals surface area (Å²) in [6.07, 6.45) is 4.05. The van der Waals surface area contributed by atoms with Gasteiger partial charge in [-0.1, -0.05) is 42.4 Å². The van der Waals surface area contributed by atoms with Crippen LogP contribution in [0, 0.1) is 0 Å². The van der Waals surface area contributed by atoms with Gasteiger partial charge in [0.1, 0.15) is 5.60 Å². The summed E-state index contributed by atoms with van der Waals surface area (Å²) >= 11 is 0. The summed E-state index contributed by atoms with van der Waals surface area (Å²) in [5.41, 5.74) is -0.503. The van der Waals surface area contributed by atoms with Gasteiger partial charge in [-0.25, -0.2) is 0 Å². The van der Waals surface area contributed by atoms with Crippen molar-refractivity contribution in [2.45, 2.75) is 62.9 Å². The molecule has 6 nitrogen and oxygen atoms in total. The minimum atomic E-state index is -1.46. The van der Waals surface area contributed by atoms with Crippen molar-refractivity contribution in [1.29, 1.82) is 0 Å². The molecule has 0 radical (unpaired) electrons. The average Bonchev–Trinajstić information content (AvgIpc) is 3.44. The van der Waals surface area contributed by atoms with E-state index in [0.717, 1.165) is 37.1 Å². The van der Waals surface area contributed by atoms with Crippen LogP contribution in [0.4, 0.5) is 0 Å². The maximum Gasteiger partial charge on any atom is 0.254 e. The Morgan fingerprint density at radius 2 is 2.00 bits per heavy atom. The number of aromatic nitrogens is 2. The van der Waals surface area contributed by atoms with Gasteiger partial charge in [0.15, 0.2) is 5.82 Å². The molecule has 1 aliphatic heterocycles. The number of hydrogen-bond acceptors (Lipinski definition) is 5. The molecule has 1 saturated heterocycles. The fraction of sp³-hybridized carbons (Fsp3) is 0.571. The molecule has 1 aromatic heterocycles. The lowest BCUT2D eigenvalue weighted by Gasteiger charge is -2.38. The summed E-state index contributed by atoms with van der Waals surface area (Å²) in [4.78, 5) is 19.5. The molecule has 2 heterocycles. The van der Waals surface area contributed by atoms with Crippen molar-refractivity contribution in [3.05, 3.63) is 47.6 Å². The molecule has 2 fully saturated rings. The maximum atomic E-state index is 13.1. The van der Waals surface area contributed by atoms with Crippen LogP contribution in [0.1, 0.15) is 74.6 Å². The molecule has 1 aliphatic carbocycles. The maximum absolute atomic E-state index is 13.1. The van der Waals surface area contributed by atoms with E-state index in [1.165, 1.54) is 0 Å². The Morgan fingerprint density at radius 3 is 2.70 bits per heavy atom. The number of carbonyl (C=O) groups is 1. The summed E-state index contributed by atoms with van der Waals surface area (Å²) in [5, 5.41) is 15.2. The zero-order valence-corrected chi connectivity index (χ0v) is 16.0. The fourth-order valence-electron chi connectivity index (χ4n) is 3.85. The molecule has 1 aromatic carbocycles. The monoisotopic (exact) mass is 369 g/mol. The van der Waals surface area contributed by atoms with Crippen LogP contribution in [-0.4, -0.2) is 44.7 Å². The molecule has 4 rings (SSSR count). The van der Waals surface area contributed by atoms with Gasteiger partial charge in [0.05, 0.1) is 0 Å². The highest BCUT2D eigenvalue weighted by atomic mass is 16.5. The number of rotatable bonds is 5. The number of nitrogens with zero attached hydrogens (tertiary/aromatic N) is 3. The van der Waals surface area contributed by atoms with Gasteiger partial charge < -0.3 is 14.5 Å². The summed E-state index contributed by atoms with van der Waals surface area (Å²) in [6, 6.07) is 9.69. The molecule has 2 aliphatic rings. The van der Waals surface area contributed by atoms with Crippen LogP contribution < -0.4 is 0 Å². The zero-order valence-electron chi connectivity index (χ0n) is 16.0. The number of hydrogen-bond donors (Lipinski definition) is 1. The van der Waals surface area contributed by atoms with Crippen LogP contribution in [0.15, 0.2) is 34.9 Å². The third-order valence-electron chi connectivity index (χ3n) is 6.03. The van der Waals surface area contributed by atoms with Crippen LogP contribution in [0.2, 0.25) is 0 Å². The minimum absolute atomic E-state index is 0.0711. The SMILES string of the molecule is CC(c1ccccc1)C(C)(O)C(=O)N1CCCC(c2noc(C3CC3)n2)C1. The smallest absolute Gasteiger partial charge is 0.254 e. The Bertz CT molecular complexity index is 798. The molecule has 0 spiro atoms. The van der Waals surface area contributed by atoms with Crippen molar-refractivity contribution in [1.82, 2.24) is 15.0 Å². The molecule has 1 N–H and O–H groups in total. The third-order valence-corrected chi connectivity index (χ3v) is 6.03. The van der Waals surface area contributed by atoms with Crippen molar-refractivity contribution in [2.75, 3.05) is 13.1 Å². The van der Waals surface area contributed by atoms with Crippen LogP contribution in [0.5, 0.6) is 0 Å². The van der Waals surface area contributed by atoms with Gasteiger partial charge in [-0.05, 0) is 38.2 Å². The van der Waals surface area contributed by atoms with E-state index in [9.17, 15) is 9.90 Å². The Labute approximate surface area is 159 Å². The van der Waals surface area contributed by atoms with Gasteiger partial charge in [0.2, 0.25) is 5.89 Å². The summed E-state index contributed by atoms with van der Waals surface area (Å²) in [5.74, 6) is 1.41. The first kappa shape index (κ1) is 18.2. The Morgan fingerprint density at radius 1 is 1.26 bits per heavy atom. The highest BCUT2D eigenvalue weighted by Gasteiger charge is 2.42. The van der Waals surface area contributed by atoms with Crippen molar-refractivity contribution in [3.8, 4) is 0 Å². The predicted octanol–water partition coefficient (Wildman–Crippen LogP) is 3.21. The number of piperidine rings is 1. The number of benzene rings is 1. The van der Waals surface area contributed by atoms with E-state index < -0.39 is 5.60 Å². The lowest BCUT2D eigenvalue weighted by molar-refractivity contribution is -0.152. The van der Waals surface area contributed by atoms with E-state index in [2.05, 4.69) is 10.1 Å². The standard InChI is InChI=1S/C21H27N3O3/c1-14(15-7-4-3-5-8-15)21(2,26)20(25)24-12-6-9-17(13-24)18-22-19(27-23-18)16-10-11-16/h3-5,7-8,14,16-17,26H,6,9-13H2,1-2H3. The third kappa shape index (κ3) is 3.63. The van der Waals surface area contributed by atoms with E-state index in [1.807, 2.05) is 37.3 Å². The van der Waals surface area contributed by atoms with Gasteiger partial charge in [-0.3, -0.25) is 4.79 Å². The number of likely N-dealkylation sites (tertiary alicyclic amines) is 1. The molecule has 2 aromatic rings. The molecule has 1 saturated carbocycles. The predicted molar refractivity (Wildman–Crippen MR) is 100 cm³/mol. The van der Waals surface area contributed by atoms with Gasteiger partial charge in [0.25, 0.3) is 5.91 Å². The molecule has 3 unspecified atom stereocenters. The van der Waals surface area contributed by atoms with E-state index in [-0.39, 0.29) is 17.7 Å². The van der Waals surface area contributed by atoms with E-state index in [4.69, 9.17) is 4.52 Å². The molecule has 3 atom stereocenters. The molecule has 1 amide bonds. The average molecular weight is 369 g/mol. The number of carbonyl (C=O) groups excluding carboxylic acids is 1. The molecule has 0 bridgehead atoms. The Balaban J connectivity index is 1.47. The summed E-state index contributed by atoms with van der Waals surface area (Å²) in [7, 11) is 0. The van der Waals surface area contributed by atoms with Crippen molar-refractivity contribution in [2.24, 2.45) is 0 Å². The molecular weight excluding hydrogens is 342 g/mol. The van der Waals surface area contributed by atoms with Crippen LogP contribution in [0.3, 0.4) is 0 Å². The topological polar surface area (TPSA) is 79.5 Å². The fourth-order valence-corrected chi connectivity index (χ4v) is 3.85. The minimum Gasteiger partial charge on any atom is -0.380 e. The summed E-state index contributed by atoms with van der Waals surface area (Å²) < 4.78 is 5.39. The Kier molecular flexibility index (Phi) is 4.76. The summed E-state index contributed by atoms with van der Waals surface area (Å²) in [6.45, 7) is 4.70. The molecular formula is C21H27N3O3. The lowest BCUT2D eigenvalue weighted by Crippen LogP contribution is -2.52. The van der Waals surface area contributed by atoms with Gasteiger partial charge >= 0.3 is 0 Å². The first-order valence-electron chi connectivity index (χ1n) is 9.87. The lowest BCUT2D eigenvalue weighted by atomic mass is 9.83. The van der Waals surface area contributed by atoms with Crippen LogP contribution in [0.25, 0.3) is 0 Å². The highest BCUT2D eigenvalue weighted by molar-refractivity contribution is 5.86. The zero-order chi connectivity index (χ0) is 19.0. The highest BCUT2D eigenvalue weighted by Crippen LogP contribution is 2.40. The van der Waals surface area contributed by atoms with E-state index in [0.29, 0.717) is 24.8 Å². The molecule has 6 heteroatoms. The second-order valence-corrected chi connectivity index (χ2v) is 8.14. The number of aliphatic hydroxyl groups is 1. The number of amides is 1. The first-order chi connectivity index (χ1) is 13.0. The van der Waals surface area contributed by atoms with Crippen molar-refractivity contribution < 1.29 is 14.4 Å². The van der Waals surface area contributed by atoms with Crippen LogP contribution >= 0.6 is 0 Å². The largest absolute Gasteiger partial charge is 0.380 e. The Hall–Kier alpha value is -2.21. The van der Waals surface area contributed by atoms with E-state index >= 15 is 0 Å².